The van der Waals surface area contributed by atoms with Crippen LogP contribution in [-0.2, 0) is 9.59 Å². The lowest BCUT2D eigenvalue weighted by atomic mass is 9.95. The van der Waals surface area contributed by atoms with E-state index in [0.717, 1.165) is 6.54 Å². The van der Waals surface area contributed by atoms with E-state index in [1.165, 1.54) is 34.1 Å². The number of quaternary nitrogens is 1. The average Bonchev–Trinajstić information content (AvgIpc) is 2.98. The lowest BCUT2D eigenvalue weighted by molar-refractivity contribution is -0.858. The third-order valence-corrected chi connectivity index (χ3v) is 5.16. The van der Waals surface area contributed by atoms with Crippen molar-refractivity contribution in [2.24, 2.45) is 0 Å². The number of hydrogen-bond donors (Lipinski definition) is 2. The molecule has 1 amide bonds. The van der Waals surface area contributed by atoms with E-state index < -0.39 is 23.5 Å². The Morgan fingerprint density at radius 3 is 2.30 bits per heavy atom. The normalized spacial score (nSPS) is 18.3. The summed E-state index contributed by atoms with van der Waals surface area (Å²) in [5.41, 5.74) is 0.982. The van der Waals surface area contributed by atoms with E-state index in [2.05, 4.69) is 0 Å². The Bertz CT molecular complexity index is 952. The number of nitrogens with zero attached hydrogens (tertiary/aromatic N) is 1. The van der Waals surface area contributed by atoms with Gasteiger partial charge in [0.25, 0.3) is 11.7 Å². The summed E-state index contributed by atoms with van der Waals surface area (Å²) >= 11 is 0. The Morgan fingerprint density at radius 2 is 1.73 bits per heavy atom. The van der Waals surface area contributed by atoms with Gasteiger partial charge in [-0.2, -0.15) is 0 Å². The van der Waals surface area contributed by atoms with Gasteiger partial charge in [-0.05, 0) is 42.0 Å². The first kappa shape index (κ1) is 21.5. The Hall–Kier alpha value is -3.19. The van der Waals surface area contributed by atoms with Crippen LogP contribution in [0, 0.1) is 5.82 Å². The predicted molar refractivity (Wildman–Crippen MR) is 111 cm³/mol. The molecule has 1 aliphatic heterocycles. The molecule has 1 fully saturated rings. The zero-order valence-electron chi connectivity index (χ0n) is 17.3. The predicted octanol–water partition coefficient (Wildman–Crippen LogP) is 1.79. The van der Waals surface area contributed by atoms with Crippen molar-refractivity contribution in [1.29, 1.82) is 0 Å². The number of ketones is 1. The number of likely N-dealkylation sites (tertiary alicyclic amines) is 1. The van der Waals surface area contributed by atoms with Gasteiger partial charge in [0.2, 0.25) is 0 Å². The molecule has 1 heterocycles. The molecular weight excluding hydrogens is 387 g/mol. The Labute approximate surface area is 175 Å². The molecule has 7 heteroatoms. The van der Waals surface area contributed by atoms with Gasteiger partial charge in [0.1, 0.15) is 17.3 Å². The summed E-state index contributed by atoms with van der Waals surface area (Å²) in [7, 11) is 5.59. The van der Waals surface area contributed by atoms with E-state index in [4.69, 9.17) is 4.74 Å². The largest absolute Gasteiger partial charge is 0.507 e. The number of aliphatic hydroxyl groups excluding tert-OH is 1. The zero-order chi connectivity index (χ0) is 21.8. The van der Waals surface area contributed by atoms with Gasteiger partial charge in [-0.15, -0.1) is 0 Å². The number of carbonyl (C=O) groups excluding carboxylic acids is 2. The molecule has 2 aromatic carbocycles. The summed E-state index contributed by atoms with van der Waals surface area (Å²) in [6.45, 7) is 1.21. The van der Waals surface area contributed by atoms with Gasteiger partial charge in [0.15, 0.2) is 0 Å². The summed E-state index contributed by atoms with van der Waals surface area (Å²) in [5.74, 6) is -1.51. The molecule has 30 heavy (non-hydrogen) atoms. The van der Waals surface area contributed by atoms with E-state index in [9.17, 15) is 19.1 Å². The summed E-state index contributed by atoms with van der Waals surface area (Å²) in [6.07, 6.45) is 0.707. The average molecular weight is 413 g/mol. The van der Waals surface area contributed by atoms with E-state index >= 15 is 0 Å². The fourth-order valence-corrected chi connectivity index (χ4v) is 3.61. The molecule has 0 bridgehead atoms. The Kier molecular flexibility index (Phi) is 6.52. The molecule has 2 N–H and O–H groups in total. The lowest BCUT2D eigenvalue weighted by Crippen LogP contribution is -3.05. The lowest BCUT2D eigenvalue weighted by Gasteiger charge is -2.25. The van der Waals surface area contributed by atoms with Crippen molar-refractivity contribution in [2.45, 2.75) is 12.5 Å². The number of aliphatic hydroxyl groups is 1. The first-order chi connectivity index (χ1) is 14.3. The van der Waals surface area contributed by atoms with Crippen LogP contribution in [-0.4, -0.2) is 56.0 Å². The van der Waals surface area contributed by atoms with Crippen LogP contribution >= 0.6 is 0 Å². The van der Waals surface area contributed by atoms with E-state index in [-0.39, 0.29) is 16.9 Å². The molecule has 1 atom stereocenters. The van der Waals surface area contributed by atoms with Gasteiger partial charge in [0.05, 0.1) is 39.4 Å². The second kappa shape index (κ2) is 9.09. The van der Waals surface area contributed by atoms with Gasteiger partial charge in [-0.25, -0.2) is 4.39 Å². The number of ether oxygens (including phenoxy) is 1. The monoisotopic (exact) mass is 413 g/mol. The molecule has 6 nitrogen and oxygen atoms in total. The first-order valence-corrected chi connectivity index (χ1v) is 9.80. The maximum Gasteiger partial charge on any atom is 0.295 e. The van der Waals surface area contributed by atoms with Crippen molar-refractivity contribution in [2.75, 3.05) is 34.3 Å². The van der Waals surface area contributed by atoms with Crippen molar-refractivity contribution in [3.8, 4) is 5.75 Å². The van der Waals surface area contributed by atoms with Crippen LogP contribution in [0.15, 0.2) is 54.1 Å². The van der Waals surface area contributed by atoms with E-state index in [1.54, 1.807) is 31.4 Å². The van der Waals surface area contributed by atoms with Crippen LogP contribution < -0.4 is 9.64 Å². The Morgan fingerprint density at radius 1 is 1.10 bits per heavy atom. The number of methoxy groups -OCH3 is 1. The first-order valence-electron chi connectivity index (χ1n) is 9.80. The van der Waals surface area contributed by atoms with Gasteiger partial charge in [-0.3, -0.25) is 9.59 Å². The summed E-state index contributed by atoms with van der Waals surface area (Å²) < 4.78 is 18.5. The number of hydrogen-bond acceptors (Lipinski definition) is 4. The molecule has 1 aliphatic rings. The van der Waals surface area contributed by atoms with Crippen LogP contribution in [0.3, 0.4) is 0 Å². The molecule has 158 valence electrons. The molecule has 0 aromatic heterocycles. The highest BCUT2D eigenvalue weighted by Crippen LogP contribution is 2.39. The van der Waals surface area contributed by atoms with Gasteiger partial charge in [0, 0.05) is 18.5 Å². The second-order valence-electron chi connectivity index (χ2n) is 7.58. The summed E-state index contributed by atoms with van der Waals surface area (Å²) in [6, 6.07) is 11.5. The van der Waals surface area contributed by atoms with Crippen molar-refractivity contribution in [1.82, 2.24) is 4.90 Å². The fourth-order valence-electron chi connectivity index (χ4n) is 3.61. The van der Waals surface area contributed by atoms with Crippen molar-refractivity contribution in [3.63, 3.8) is 0 Å². The van der Waals surface area contributed by atoms with Gasteiger partial charge in [-0.1, -0.05) is 12.1 Å². The number of Topliss-reactive ketones (excluding diaryl/α,β-unsaturated/α-hetero) is 1. The molecule has 0 spiro atoms. The number of nitrogens with one attached hydrogen (secondary N) is 1. The van der Waals surface area contributed by atoms with Crippen LogP contribution in [0.5, 0.6) is 5.75 Å². The third-order valence-electron chi connectivity index (χ3n) is 5.16. The minimum absolute atomic E-state index is 0.00831. The second-order valence-corrected chi connectivity index (χ2v) is 7.58. The molecule has 0 aliphatic carbocycles. The fraction of sp³-hybridized carbons (Fsp3) is 0.304. The molecule has 3 rings (SSSR count). The Balaban J connectivity index is 2.07. The quantitative estimate of drug-likeness (QED) is 0.413. The maximum absolute atomic E-state index is 13.3. The number of benzene rings is 2. The highest BCUT2D eigenvalue weighted by atomic mass is 19.1. The zero-order valence-corrected chi connectivity index (χ0v) is 17.3. The molecule has 0 saturated carbocycles. The minimum atomic E-state index is -0.741. The maximum atomic E-state index is 13.3. The number of amides is 1. The topological polar surface area (TPSA) is 71.3 Å². The highest BCUT2D eigenvalue weighted by Gasteiger charge is 2.45. The highest BCUT2D eigenvalue weighted by molar-refractivity contribution is 6.46. The van der Waals surface area contributed by atoms with Crippen molar-refractivity contribution in [3.05, 3.63) is 71.0 Å². The number of halogens is 1. The number of carbonyl (C=O) groups is 2. The van der Waals surface area contributed by atoms with Crippen molar-refractivity contribution >= 4 is 17.4 Å². The molecule has 0 radical (unpaired) electrons. The van der Waals surface area contributed by atoms with Crippen LogP contribution in [0.1, 0.15) is 23.6 Å². The van der Waals surface area contributed by atoms with Crippen LogP contribution in [0.25, 0.3) is 5.76 Å². The molecule has 1 saturated heterocycles. The van der Waals surface area contributed by atoms with Gasteiger partial charge < -0.3 is 19.6 Å². The molecular formula is C23H26FN2O4+. The summed E-state index contributed by atoms with van der Waals surface area (Å²) in [4.78, 5) is 28.5. The minimum Gasteiger partial charge on any atom is -0.507 e. The third kappa shape index (κ3) is 4.36. The summed E-state index contributed by atoms with van der Waals surface area (Å²) in [5, 5.41) is 10.9. The van der Waals surface area contributed by atoms with Crippen LogP contribution in [0.2, 0.25) is 0 Å². The van der Waals surface area contributed by atoms with E-state index in [1.807, 2.05) is 14.1 Å². The van der Waals surface area contributed by atoms with E-state index in [0.29, 0.717) is 24.3 Å². The molecule has 2 aromatic rings. The van der Waals surface area contributed by atoms with Crippen molar-refractivity contribution < 1.29 is 28.7 Å². The SMILES string of the molecule is COc1ccc([C@H]2C(=C(O)c3ccc(F)cc3)C(=O)C(=O)N2CCC[NH+](C)C)cc1. The standard InChI is InChI=1S/C23H25FN2O4/c1-25(2)13-4-14-26-20(15-7-11-18(30-3)12-8-15)19(22(28)23(26)29)21(27)16-5-9-17(24)10-6-16/h5-12,20,27H,4,13-14H2,1-3H3/p+1/t20-/m0/s1. The van der Waals surface area contributed by atoms with Crippen LogP contribution in [0.4, 0.5) is 4.39 Å². The van der Waals surface area contributed by atoms with Gasteiger partial charge >= 0.3 is 0 Å². The smallest absolute Gasteiger partial charge is 0.295 e. The number of rotatable bonds is 7. The molecule has 0 unspecified atom stereocenters.